The molecule has 0 amide bonds. The van der Waals surface area contributed by atoms with Gasteiger partial charge in [-0.15, -0.1) is 0 Å². The summed E-state index contributed by atoms with van der Waals surface area (Å²) in [5.74, 6) is -6.14. The van der Waals surface area contributed by atoms with Gasteiger partial charge in [0.2, 0.25) is 0 Å². The molecule has 13 heavy (non-hydrogen) atoms. The molecule has 0 bridgehead atoms. The Morgan fingerprint density at radius 1 is 1.23 bits per heavy atom. The van der Waals surface area contributed by atoms with Gasteiger partial charge in [0.05, 0.1) is 0 Å². The highest BCUT2D eigenvalue weighted by Gasteiger charge is 2.43. The maximum absolute atomic E-state index is 12.8. The summed E-state index contributed by atoms with van der Waals surface area (Å²) in [5.41, 5.74) is -0.599. The Hall–Kier alpha value is -1.52. The Morgan fingerprint density at radius 3 is 2.23 bits per heavy atom. The molecule has 5 heteroatoms. The quantitative estimate of drug-likeness (QED) is 0.714. The minimum absolute atomic E-state index is 0.599. The zero-order chi connectivity index (χ0) is 9.90. The van der Waals surface area contributed by atoms with Crippen molar-refractivity contribution in [1.82, 2.24) is 0 Å². The van der Waals surface area contributed by atoms with Crippen molar-refractivity contribution in [2.75, 3.05) is 0 Å². The normalized spacial score (nSPS) is 11.0. The smallest absolute Gasteiger partial charge is 0.247 e. The van der Waals surface area contributed by atoms with Crippen molar-refractivity contribution in [3.05, 3.63) is 35.9 Å². The van der Waals surface area contributed by atoms with Crippen LogP contribution in [0.2, 0.25) is 0 Å². The zero-order valence-corrected chi connectivity index (χ0v) is 6.34. The van der Waals surface area contributed by atoms with E-state index in [0.717, 1.165) is 12.1 Å². The van der Waals surface area contributed by atoms with Crippen LogP contribution in [0.15, 0.2) is 30.3 Å². The van der Waals surface area contributed by atoms with Gasteiger partial charge < -0.3 is 0 Å². The fourth-order valence-electron chi connectivity index (χ4n) is 0.814. The van der Waals surface area contributed by atoms with E-state index in [0.29, 0.717) is 0 Å². The lowest BCUT2D eigenvalue weighted by molar-refractivity contribution is -0.213. The maximum Gasteiger partial charge on any atom is 0.422 e. The molecule has 0 saturated carbocycles. The fraction of sp³-hybridized carbons (Fsp3) is 0.125. The van der Waals surface area contributed by atoms with Crippen LogP contribution in [-0.4, -0.2) is 5.97 Å². The van der Waals surface area contributed by atoms with Crippen molar-refractivity contribution < 1.29 is 23.0 Å². The summed E-state index contributed by atoms with van der Waals surface area (Å²) in [7, 11) is 0. The highest BCUT2D eigenvalue weighted by atomic mass is 19.3. The lowest BCUT2D eigenvalue weighted by atomic mass is 10.1. The first-order valence-corrected chi connectivity index (χ1v) is 3.35. The Balaban J connectivity index is 3.00. The highest BCUT2D eigenvalue weighted by Crippen LogP contribution is 2.28. The second-order valence-corrected chi connectivity index (χ2v) is 2.31. The average molecular weight is 190 g/mol. The molecule has 1 aromatic rings. The first-order valence-electron chi connectivity index (χ1n) is 3.35. The third-order valence-corrected chi connectivity index (χ3v) is 1.46. The van der Waals surface area contributed by atoms with E-state index in [1.807, 2.05) is 0 Å². The van der Waals surface area contributed by atoms with Crippen LogP contribution in [0.3, 0.4) is 0 Å². The molecule has 0 spiro atoms. The minimum atomic E-state index is -3.93. The second kappa shape index (κ2) is 3.47. The van der Waals surface area contributed by atoms with E-state index in [9.17, 15) is 18.1 Å². The van der Waals surface area contributed by atoms with Crippen molar-refractivity contribution in [2.24, 2.45) is 0 Å². The molecule has 1 rings (SSSR count). The SMILES string of the molecule is O=C(OF)C(F)(F)c1ccccc1. The summed E-state index contributed by atoms with van der Waals surface area (Å²) >= 11 is 0. The topological polar surface area (TPSA) is 26.3 Å². The Kier molecular flexibility index (Phi) is 2.55. The standard InChI is InChI=1S/C8H5F3O2/c9-8(10,7(12)13-11)6-4-2-1-3-5-6/h1-5H. The average Bonchev–Trinajstić information content (AvgIpc) is 2.18. The van der Waals surface area contributed by atoms with E-state index < -0.39 is 17.5 Å². The van der Waals surface area contributed by atoms with Crippen LogP contribution in [0.4, 0.5) is 13.3 Å². The van der Waals surface area contributed by atoms with Crippen molar-refractivity contribution in [1.29, 1.82) is 0 Å². The summed E-state index contributed by atoms with van der Waals surface area (Å²) in [6.07, 6.45) is 0. The Morgan fingerprint density at radius 2 is 1.77 bits per heavy atom. The molecule has 0 fully saturated rings. The molecule has 0 saturated heterocycles. The molecule has 0 aliphatic carbocycles. The van der Waals surface area contributed by atoms with E-state index in [1.165, 1.54) is 18.2 Å². The van der Waals surface area contributed by atoms with Crippen LogP contribution in [0.1, 0.15) is 5.56 Å². The van der Waals surface area contributed by atoms with Crippen LogP contribution in [0.5, 0.6) is 0 Å². The molecule has 0 aliphatic heterocycles. The monoisotopic (exact) mass is 190 g/mol. The molecular formula is C8H5F3O2. The van der Waals surface area contributed by atoms with Gasteiger partial charge in [-0.25, -0.2) is 9.74 Å². The lowest BCUT2D eigenvalue weighted by Gasteiger charge is -2.10. The van der Waals surface area contributed by atoms with E-state index in [2.05, 4.69) is 4.94 Å². The number of hydrogen-bond donors (Lipinski definition) is 0. The van der Waals surface area contributed by atoms with E-state index in [-0.39, 0.29) is 0 Å². The molecule has 0 atom stereocenters. The number of benzene rings is 1. The first-order chi connectivity index (χ1) is 6.09. The van der Waals surface area contributed by atoms with Crippen molar-refractivity contribution >= 4 is 5.97 Å². The number of carbonyl (C=O) groups is 1. The van der Waals surface area contributed by atoms with Crippen molar-refractivity contribution in [3.8, 4) is 0 Å². The maximum atomic E-state index is 12.8. The van der Waals surface area contributed by atoms with Gasteiger partial charge in [0.1, 0.15) is 0 Å². The summed E-state index contributed by atoms with van der Waals surface area (Å²) in [4.78, 5) is 12.8. The van der Waals surface area contributed by atoms with Gasteiger partial charge in [-0.3, -0.25) is 0 Å². The molecule has 2 nitrogen and oxygen atoms in total. The minimum Gasteiger partial charge on any atom is -0.247 e. The Bertz CT molecular complexity index is 298. The summed E-state index contributed by atoms with van der Waals surface area (Å²) in [6.45, 7) is 0. The largest absolute Gasteiger partial charge is 0.422 e. The van der Waals surface area contributed by atoms with Gasteiger partial charge in [0.25, 0.3) is 0 Å². The molecule has 0 radical (unpaired) electrons. The number of alkyl halides is 2. The van der Waals surface area contributed by atoms with Crippen molar-refractivity contribution in [2.45, 2.75) is 5.92 Å². The lowest BCUT2D eigenvalue weighted by Crippen LogP contribution is -2.26. The molecule has 0 heterocycles. The predicted octanol–water partition coefficient (Wildman–Crippen LogP) is 2.21. The van der Waals surface area contributed by atoms with Crippen molar-refractivity contribution in [3.63, 3.8) is 0 Å². The molecule has 1 aromatic carbocycles. The van der Waals surface area contributed by atoms with Gasteiger partial charge in [0.15, 0.2) is 0 Å². The number of rotatable bonds is 2. The predicted molar refractivity (Wildman–Crippen MR) is 37.5 cm³/mol. The Labute approximate surface area is 71.8 Å². The molecule has 70 valence electrons. The van der Waals surface area contributed by atoms with Crippen LogP contribution < -0.4 is 0 Å². The number of hydrogen-bond acceptors (Lipinski definition) is 2. The van der Waals surface area contributed by atoms with Gasteiger partial charge in [-0.2, -0.15) is 8.78 Å². The molecule has 0 aromatic heterocycles. The van der Waals surface area contributed by atoms with Crippen LogP contribution in [0, 0.1) is 0 Å². The highest BCUT2D eigenvalue weighted by molar-refractivity contribution is 5.78. The van der Waals surface area contributed by atoms with E-state index in [1.54, 1.807) is 0 Å². The third kappa shape index (κ3) is 1.80. The summed E-state index contributed by atoms with van der Waals surface area (Å²) in [6, 6.07) is 6.15. The molecule has 0 unspecified atom stereocenters. The van der Waals surface area contributed by atoms with Crippen LogP contribution in [0.25, 0.3) is 0 Å². The van der Waals surface area contributed by atoms with Gasteiger partial charge >= 0.3 is 11.9 Å². The van der Waals surface area contributed by atoms with Gasteiger partial charge in [-0.05, 0) is 0 Å². The molecule has 0 aliphatic rings. The summed E-state index contributed by atoms with van der Waals surface area (Å²) < 4.78 is 36.9. The number of carbonyl (C=O) groups excluding carboxylic acids is 1. The van der Waals surface area contributed by atoms with Crippen LogP contribution >= 0.6 is 0 Å². The van der Waals surface area contributed by atoms with E-state index in [4.69, 9.17) is 0 Å². The first kappa shape index (κ1) is 9.57. The van der Waals surface area contributed by atoms with Gasteiger partial charge in [-0.1, -0.05) is 30.3 Å². The van der Waals surface area contributed by atoms with E-state index >= 15 is 0 Å². The zero-order valence-electron chi connectivity index (χ0n) is 6.34. The second-order valence-electron chi connectivity index (χ2n) is 2.31. The molecular weight excluding hydrogens is 185 g/mol. The van der Waals surface area contributed by atoms with Crippen LogP contribution in [-0.2, 0) is 15.7 Å². The number of halogens is 3. The summed E-state index contributed by atoms with van der Waals surface area (Å²) in [5, 5.41) is 0. The van der Waals surface area contributed by atoms with Gasteiger partial charge in [0, 0.05) is 10.1 Å². The molecule has 0 N–H and O–H groups in total. The fourth-order valence-corrected chi connectivity index (χ4v) is 0.814. The third-order valence-electron chi connectivity index (χ3n) is 1.46.